The van der Waals surface area contributed by atoms with E-state index >= 15 is 0 Å². The Hall–Kier alpha value is -3.68. The lowest BCUT2D eigenvalue weighted by Gasteiger charge is -2.14. The number of hydrogen-bond acceptors (Lipinski definition) is 4. The minimum atomic E-state index is -0.436. The second-order valence-electron chi connectivity index (χ2n) is 7.75. The Morgan fingerprint density at radius 1 is 0.886 bits per heavy atom. The average Bonchev–Trinajstić information content (AvgIpc) is 2.84. The van der Waals surface area contributed by atoms with Gasteiger partial charge in [-0.15, -0.1) is 0 Å². The van der Waals surface area contributed by atoms with E-state index < -0.39 is 5.82 Å². The Balaban J connectivity index is 1.54. The van der Waals surface area contributed by atoms with E-state index in [4.69, 9.17) is 4.74 Å². The van der Waals surface area contributed by atoms with Gasteiger partial charge in [0.25, 0.3) is 0 Å². The summed E-state index contributed by atoms with van der Waals surface area (Å²) in [5.41, 5.74) is 2.61. The first-order valence-corrected chi connectivity index (χ1v) is 11.9. The van der Waals surface area contributed by atoms with Gasteiger partial charge in [-0.1, -0.05) is 37.3 Å². The Morgan fingerprint density at radius 3 is 2.34 bits per heavy atom. The summed E-state index contributed by atoms with van der Waals surface area (Å²) in [4.78, 5) is 13.8. The molecule has 0 spiro atoms. The molecule has 0 aliphatic heterocycles. The maximum atomic E-state index is 13.9. The zero-order chi connectivity index (χ0) is 24.6. The van der Waals surface area contributed by atoms with Gasteiger partial charge in [0.1, 0.15) is 23.1 Å². The Bertz CT molecular complexity index is 1310. The van der Waals surface area contributed by atoms with E-state index in [1.807, 2.05) is 31.2 Å². The molecule has 0 aromatic heterocycles. The fraction of sp³-hybridized carbons (Fsp3) is 0.107. The molecule has 4 aromatic rings. The highest BCUT2D eigenvalue weighted by molar-refractivity contribution is 7.97. The highest BCUT2D eigenvalue weighted by atomic mass is 32.2. The highest BCUT2D eigenvalue weighted by Crippen LogP contribution is 2.36. The standard InChI is InChI=1S/C28H24F2N2O2S/c1-2-31-35-25-12-9-19(10-13-25)15-28(33)32-23-11-14-26(20-5-3-6-21(29)16-20)27(18-23)34-24-8-4-7-22(30)17-24/h3-14,16-18,31H,2,15H2,1H3,(H,32,33). The average molecular weight is 491 g/mol. The van der Waals surface area contributed by atoms with Gasteiger partial charge in [0, 0.05) is 34.8 Å². The van der Waals surface area contributed by atoms with E-state index in [9.17, 15) is 13.6 Å². The maximum Gasteiger partial charge on any atom is 0.228 e. The lowest BCUT2D eigenvalue weighted by atomic mass is 10.0. The van der Waals surface area contributed by atoms with Crippen LogP contribution < -0.4 is 14.8 Å². The number of rotatable bonds is 9. The molecule has 35 heavy (non-hydrogen) atoms. The summed E-state index contributed by atoms with van der Waals surface area (Å²) < 4.78 is 36.7. The van der Waals surface area contributed by atoms with Crippen LogP contribution in [0, 0.1) is 11.6 Å². The lowest BCUT2D eigenvalue weighted by molar-refractivity contribution is -0.115. The van der Waals surface area contributed by atoms with Crippen LogP contribution in [-0.4, -0.2) is 12.5 Å². The summed E-state index contributed by atoms with van der Waals surface area (Å²) in [6.45, 7) is 2.89. The number of amides is 1. The van der Waals surface area contributed by atoms with Crippen molar-refractivity contribution in [1.82, 2.24) is 4.72 Å². The molecule has 2 N–H and O–H groups in total. The van der Waals surface area contributed by atoms with Crippen LogP contribution in [0.3, 0.4) is 0 Å². The molecule has 0 radical (unpaired) electrons. The molecule has 0 atom stereocenters. The number of benzene rings is 4. The van der Waals surface area contributed by atoms with E-state index in [0.717, 1.165) is 17.0 Å². The summed E-state index contributed by atoms with van der Waals surface area (Å²) in [7, 11) is 0. The van der Waals surface area contributed by atoms with Gasteiger partial charge >= 0.3 is 0 Å². The predicted molar refractivity (Wildman–Crippen MR) is 137 cm³/mol. The van der Waals surface area contributed by atoms with Crippen molar-refractivity contribution in [3.05, 3.63) is 108 Å². The largest absolute Gasteiger partial charge is 0.457 e. The second-order valence-corrected chi connectivity index (χ2v) is 8.71. The number of nitrogens with one attached hydrogen (secondary N) is 2. The Morgan fingerprint density at radius 2 is 1.63 bits per heavy atom. The van der Waals surface area contributed by atoms with Crippen LogP contribution in [0.15, 0.2) is 95.9 Å². The minimum Gasteiger partial charge on any atom is -0.457 e. The minimum absolute atomic E-state index is 0.188. The van der Waals surface area contributed by atoms with Crippen LogP contribution in [0.1, 0.15) is 12.5 Å². The third kappa shape index (κ3) is 6.91. The predicted octanol–water partition coefficient (Wildman–Crippen LogP) is 7.22. The number of carbonyl (C=O) groups excluding carboxylic acids is 1. The first kappa shape index (κ1) is 24.4. The lowest BCUT2D eigenvalue weighted by Crippen LogP contribution is -2.14. The van der Waals surface area contributed by atoms with Crippen LogP contribution in [0.4, 0.5) is 14.5 Å². The zero-order valence-corrected chi connectivity index (χ0v) is 19.9. The van der Waals surface area contributed by atoms with Crippen molar-refractivity contribution in [3.8, 4) is 22.6 Å². The van der Waals surface area contributed by atoms with Crippen molar-refractivity contribution in [3.63, 3.8) is 0 Å². The van der Waals surface area contributed by atoms with Crippen molar-refractivity contribution in [2.45, 2.75) is 18.2 Å². The molecule has 0 heterocycles. The van der Waals surface area contributed by atoms with E-state index in [2.05, 4.69) is 10.0 Å². The molecule has 4 nitrogen and oxygen atoms in total. The number of halogens is 2. The summed E-state index contributed by atoms with van der Waals surface area (Å²) in [6, 6.07) is 24.8. The monoisotopic (exact) mass is 490 g/mol. The van der Waals surface area contributed by atoms with Gasteiger partial charge in [-0.2, -0.15) is 0 Å². The van der Waals surface area contributed by atoms with Gasteiger partial charge in [-0.3, -0.25) is 9.52 Å². The Kier molecular flexibility index (Phi) is 8.13. The Labute approximate surface area is 207 Å². The molecule has 0 unspecified atom stereocenters. The van der Waals surface area contributed by atoms with Gasteiger partial charge in [0.05, 0.1) is 6.42 Å². The van der Waals surface area contributed by atoms with Crippen LogP contribution >= 0.6 is 11.9 Å². The third-order valence-corrected chi connectivity index (χ3v) is 5.99. The van der Waals surface area contributed by atoms with Crippen LogP contribution in [-0.2, 0) is 11.2 Å². The topological polar surface area (TPSA) is 50.4 Å². The summed E-state index contributed by atoms with van der Waals surface area (Å²) in [5.74, 6) is -0.349. The second kappa shape index (κ2) is 11.6. The molecule has 4 aromatic carbocycles. The molecule has 0 aliphatic rings. The van der Waals surface area contributed by atoms with Gasteiger partial charge in [-0.25, -0.2) is 8.78 Å². The van der Waals surface area contributed by atoms with Crippen molar-refractivity contribution < 1.29 is 18.3 Å². The summed E-state index contributed by atoms with van der Waals surface area (Å²) >= 11 is 1.54. The van der Waals surface area contributed by atoms with Crippen LogP contribution in [0.2, 0.25) is 0 Å². The fourth-order valence-electron chi connectivity index (χ4n) is 3.46. The number of hydrogen-bond donors (Lipinski definition) is 2. The molecular formula is C28H24F2N2O2S. The number of anilines is 1. The van der Waals surface area contributed by atoms with E-state index in [1.54, 1.807) is 54.4 Å². The van der Waals surface area contributed by atoms with E-state index in [1.165, 1.54) is 24.3 Å². The van der Waals surface area contributed by atoms with Crippen LogP contribution in [0.5, 0.6) is 11.5 Å². The molecule has 0 saturated heterocycles. The third-order valence-electron chi connectivity index (χ3n) is 5.05. The molecular weight excluding hydrogens is 466 g/mol. The van der Waals surface area contributed by atoms with Gasteiger partial charge in [-0.05, 0) is 71.6 Å². The zero-order valence-electron chi connectivity index (χ0n) is 19.1. The van der Waals surface area contributed by atoms with E-state index in [-0.39, 0.29) is 18.1 Å². The normalized spacial score (nSPS) is 10.7. The highest BCUT2D eigenvalue weighted by Gasteiger charge is 2.12. The molecule has 0 fully saturated rings. The van der Waals surface area contributed by atoms with Gasteiger partial charge in [0.15, 0.2) is 0 Å². The molecule has 0 aliphatic carbocycles. The molecule has 1 amide bonds. The van der Waals surface area contributed by atoms with Crippen molar-refractivity contribution in [1.29, 1.82) is 0 Å². The molecule has 4 rings (SSSR count). The molecule has 0 bridgehead atoms. The quantitative estimate of drug-likeness (QED) is 0.243. The molecule has 0 saturated carbocycles. The van der Waals surface area contributed by atoms with Gasteiger partial charge < -0.3 is 10.1 Å². The SMILES string of the molecule is CCNSc1ccc(CC(=O)Nc2ccc(-c3cccc(F)c3)c(Oc3cccc(F)c3)c2)cc1. The maximum absolute atomic E-state index is 13.9. The van der Waals surface area contributed by atoms with Crippen LogP contribution in [0.25, 0.3) is 11.1 Å². The van der Waals surface area contributed by atoms with E-state index in [0.29, 0.717) is 28.3 Å². The number of carbonyl (C=O) groups is 1. The molecule has 7 heteroatoms. The van der Waals surface area contributed by atoms with Gasteiger partial charge in [0.2, 0.25) is 5.91 Å². The van der Waals surface area contributed by atoms with Crippen molar-refractivity contribution in [2.24, 2.45) is 0 Å². The smallest absolute Gasteiger partial charge is 0.228 e. The van der Waals surface area contributed by atoms with Crippen molar-refractivity contribution >= 4 is 23.5 Å². The molecule has 178 valence electrons. The summed E-state index contributed by atoms with van der Waals surface area (Å²) in [5, 5.41) is 2.88. The summed E-state index contributed by atoms with van der Waals surface area (Å²) in [6.07, 6.45) is 0.206. The first-order valence-electron chi connectivity index (χ1n) is 11.1. The number of ether oxygens (including phenoxy) is 1. The fourth-order valence-corrected chi connectivity index (χ4v) is 4.04. The first-order chi connectivity index (χ1) is 17.0. The van der Waals surface area contributed by atoms with Crippen molar-refractivity contribution in [2.75, 3.05) is 11.9 Å².